The first-order chi connectivity index (χ1) is 13.4. The third-order valence-electron chi connectivity index (χ3n) is 5.89. The largest absolute Gasteiger partial charge is 0.497 e. The molecule has 0 aromatic heterocycles. The summed E-state index contributed by atoms with van der Waals surface area (Å²) in [6, 6.07) is 7.36. The van der Waals surface area contributed by atoms with Crippen LogP contribution in [0.4, 0.5) is 0 Å². The Bertz CT molecular complexity index is 931. The molecule has 0 saturated carbocycles. The van der Waals surface area contributed by atoms with Crippen LogP contribution in [-0.2, 0) is 30.4 Å². The summed E-state index contributed by atoms with van der Waals surface area (Å²) >= 11 is 0. The van der Waals surface area contributed by atoms with Gasteiger partial charge < -0.3 is 19.1 Å². The van der Waals surface area contributed by atoms with Crippen molar-refractivity contribution in [3.63, 3.8) is 0 Å². The van der Waals surface area contributed by atoms with Crippen LogP contribution >= 0.6 is 0 Å². The SMILES string of the molecule is COC1=C(C)C(=O)O[C@]12C(=O)C=C[C@@]21CCC(=O)N1Cc1ccc(OC)cc1. The highest BCUT2D eigenvalue weighted by molar-refractivity contribution is 6.11. The molecule has 7 nitrogen and oxygen atoms in total. The van der Waals surface area contributed by atoms with Gasteiger partial charge in [-0.2, -0.15) is 0 Å². The summed E-state index contributed by atoms with van der Waals surface area (Å²) in [5, 5.41) is 0. The van der Waals surface area contributed by atoms with Gasteiger partial charge in [-0.3, -0.25) is 9.59 Å². The van der Waals surface area contributed by atoms with Gasteiger partial charge in [-0.15, -0.1) is 0 Å². The van der Waals surface area contributed by atoms with Crippen molar-refractivity contribution in [1.82, 2.24) is 4.90 Å². The number of hydrogen-bond acceptors (Lipinski definition) is 6. The molecular formula is C21H21NO6. The Balaban J connectivity index is 1.79. The van der Waals surface area contributed by atoms with Gasteiger partial charge in [-0.1, -0.05) is 18.2 Å². The summed E-state index contributed by atoms with van der Waals surface area (Å²) < 4.78 is 16.3. The van der Waals surface area contributed by atoms with Crippen LogP contribution in [0, 0.1) is 0 Å². The molecule has 2 atom stereocenters. The molecule has 2 aliphatic heterocycles. The molecule has 1 aliphatic carbocycles. The molecule has 4 rings (SSSR count). The second-order valence-corrected chi connectivity index (χ2v) is 7.18. The summed E-state index contributed by atoms with van der Waals surface area (Å²) in [6.07, 6.45) is 3.69. The van der Waals surface area contributed by atoms with Gasteiger partial charge in [-0.25, -0.2) is 4.79 Å². The van der Waals surface area contributed by atoms with Gasteiger partial charge in [0.15, 0.2) is 5.76 Å². The van der Waals surface area contributed by atoms with E-state index in [-0.39, 0.29) is 36.0 Å². The van der Waals surface area contributed by atoms with Crippen molar-refractivity contribution in [3.8, 4) is 5.75 Å². The molecule has 0 N–H and O–H groups in total. The molecule has 0 radical (unpaired) electrons. The molecule has 1 amide bonds. The number of ketones is 1. The monoisotopic (exact) mass is 383 g/mol. The minimum atomic E-state index is -1.65. The molecule has 1 saturated heterocycles. The number of carbonyl (C=O) groups is 3. The maximum atomic E-state index is 13.0. The lowest BCUT2D eigenvalue weighted by molar-refractivity contribution is -0.168. The Hall–Kier alpha value is -3.09. The van der Waals surface area contributed by atoms with Crippen molar-refractivity contribution in [2.24, 2.45) is 0 Å². The van der Waals surface area contributed by atoms with E-state index >= 15 is 0 Å². The predicted molar refractivity (Wildman–Crippen MR) is 98.2 cm³/mol. The second-order valence-electron chi connectivity index (χ2n) is 7.18. The van der Waals surface area contributed by atoms with Gasteiger partial charge in [0.05, 0.1) is 19.8 Å². The van der Waals surface area contributed by atoms with Crippen molar-refractivity contribution >= 4 is 17.7 Å². The van der Waals surface area contributed by atoms with Crippen LogP contribution in [0.5, 0.6) is 5.75 Å². The summed E-state index contributed by atoms with van der Waals surface area (Å²) in [6.45, 7) is 1.84. The highest BCUT2D eigenvalue weighted by Gasteiger charge is 2.72. The van der Waals surface area contributed by atoms with Gasteiger partial charge >= 0.3 is 5.97 Å². The van der Waals surface area contributed by atoms with Gasteiger partial charge in [0, 0.05) is 13.0 Å². The van der Waals surface area contributed by atoms with E-state index in [0.29, 0.717) is 12.2 Å². The fourth-order valence-electron chi connectivity index (χ4n) is 4.50. The zero-order valence-corrected chi connectivity index (χ0v) is 16.0. The quantitative estimate of drug-likeness (QED) is 0.739. The average Bonchev–Trinajstić information content (AvgIpc) is 3.26. The van der Waals surface area contributed by atoms with Crippen molar-refractivity contribution < 1.29 is 28.6 Å². The topological polar surface area (TPSA) is 82.1 Å². The fraction of sp³-hybridized carbons (Fsp3) is 0.381. The van der Waals surface area contributed by atoms with Crippen LogP contribution in [0.25, 0.3) is 0 Å². The molecule has 1 aromatic rings. The molecular weight excluding hydrogens is 362 g/mol. The summed E-state index contributed by atoms with van der Waals surface area (Å²) in [4.78, 5) is 39.8. The molecule has 146 valence electrons. The number of fused-ring (bicyclic) bond motifs is 1. The predicted octanol–water partition coefficient (Wildman–Crippen LogP) is 1.91. The van der Waals surface area contributed by atoms with E-state index in [0.717, 1.165) is 5.56 Å². The van der Waals surface area contributed by atoms with Gasteiger partial charge in [-0.05, 0) is 37.1 Å². The average molecular weight is 383 g/mol. The summed E-state index contributed by atoms with van der Waals surface area (Å²) in [5.41, 5.74) is -1.62. The number of nitrogens with zero attached hydrogens (tertiary/aromatic N) is 1. The zero-order valence-electron chi connectivity index (χ0n) is 16.0. The third-order valence-corrected chi connectivity index (χ3v) is 5.89. The molecule has 0 bridgehead atoms. The van der Waals surface area contributed by atoms with Crippen molar-refractivity contribution in [2.45, 2.75) is 37.5 Å². The molecule has 1 fully saturated rings. The molecule has 0 unspecified atom stereocenters. The lowest BCUT2D eigenvalue weighted by atomic mass is 9.77. The second kappa shape index (κ2) is 6.22. The fourth-order valence-corrected chi connectivity index (χ4v) is 4.50. The molecule has 2 heterocycles. The van der Waals surface area contributed by atoms with Crippen LogP contribution in [0.1, 0.15) is 25.3 Å². The first-order valence-corrected chi connectivity index (χ1v) is 9.05. The van der Waals surface area contributed by atoms with Crippen molar-refractivity contribution in [1.29, 1.82) is 0 Å². The number of ether oxygens (including phenoxy) is 3. The Morgan fingerprint density at radius 3 is 2.46 bits per heavy atom. The van der Waals surface area contributed by atoms with Crippen molar-refractivity contribution in [3.05, 3.63) is 53.3 Å². The Morgan fingerprint density at radius 1 is 1.11 bits per heavy atom. The highest BCUT2D eigenvalue weighted by atomic mass is 16.6. The maximum Gasteiger partial charge on any atom is 0.338 e. The molecule has 28 heavy (non-hydrogen) atoms. The lowest BCUT2D eigenvalue weighted by Crippen LogP contribution is -2.63. The minimum absolute atomic E-state index is 0.106. The number of benzene rings is 1. The number of rotatable bonds is 4. The van der Waals surface area contributed by atoms with E-state index in [4.69, 9.17) is 14.2 Å². The Kier molecular flexibility index (Phi) is 4.06. The molecule has 1 aromatic carbocycles. The van der Waals surface area contributed by atoms with E-state index in [1.54, 1.807) is 25.0 Å². The first kappa shape index (κ1) is 18.3. The molecule has 3 aliphatic rings. The smallest absolute Gasteiger partial charge is 0.338 e. The highest BCUT2D eigenvalue weighted by Crippen LogP contribution is 2.54. The van der Waals surface area contributed by atoms with Crippen LogP contribution in [0.3, 0.4) is 0 Å². The van der Waals surface area contributed by atoms with Gasteiger partial charge in [0.25, 0.3) is 5.60 Å². The summed E-state index contributed by atoms with van der Waals surface area (Å²) in [7, 11) is 2.99. The van der Waals surface area contributed by atoms with E-state index < -0.39 is 17.1 Å². The van der Waals surface area contributed by atoms with Crippen LogP contribution < -0.4 is 4.74 Å². The van der Waals surface area contributed by atoms with E-state index in [9.17, 15) is 14.4 Å². The Morgan fingerprint density at radius 2 is 1.82 bits per heavy atom. The molecule has 7 heteroatoms. The number of amides is 1. The van der Waals surface area contributed by atoms with Crippen LogP contribution in [0.2, 0.25) is 0 Å². The standard InChI is InChI=1S/C21H21NO6/c1-13-18(27-3)21(28-19(13)25)16(23)8-10-20(21)11-9-17(24)22(20)12-14-4-6-15(26-2)7-5-14/h4-8,10H,9,11-12H2,1-3H3/t20-,21-/m1/s1. The normalized spacial score (nSPS) is 28.8. The summed E-state index contributed by atoms with van der Waals surface area (Å²) in [5.74, 6) is -0.197. The van der Waals surface area contributed by atoms with Crippen molar-refractivity contribution in [2.75, 3.05) is 14.2 Å². The first-order valence-electron chi connectivity index (χ1n) is 9.05. The van der Waals surface area contributed by atoms with Gasteiger partial charge in [0.2, 0.25) is 11.7 Å². The number of esters is 1. The Labute approximate surface area is 162 Å². The third kappa shape index (κ3) is 2.19. The van der Waals surface area contributed by atoms with E-state index in [1.807, 2.05) is 24.3 Å². The van der Waals surface area contributed by atoms with Crippen LogP contribution in [-0.4, -0.2) is 47.9 Å². The van der Waals surface area contributed by atoms with E-state index in [2.05, 4.69) is 0 Å². The number of carbonyl (C=O) groups excluding carboxylic acids is 3. The zero-order chi connectivity index (χ0) is 20.1. The minimum Gasteiger partial charge on any atom is -0.497 e. The number of methoxy groups -OCH3 is 2. The lowest BCUT2D eigenvalue weighted by Gasteiger charge is -2.44. The number of hydrogen-bond donors (Lipinski definition) is 0. The number of likely N-dealkylation sites (tertiary alicyclic amines) is 1. The van der Waals surface area contributed by atoms with Gasteiger partial charge in [0.1, 0.15) is 11.3 Å². The van der Waals surface area contributed by atoms with Crippen LogP contribution in [0.15, 0.2) is 47.7 Å². The van der Waals surface area contributed by atoms with E-state index in [1.165, 1.54) is 13.2 Å². The molecule has 2 spiro atoms. The maximum absolute atomic E-state index is 13.0.